The first-order chi connectivity index (χ1) is 13.5. The van der Waals surface area contributed by atoms with Gasteiger partial charge in [0.15, 0.2) is 17.1 Å². The van der Waals surface area contributed by atoms with Gasteiger partial charge in [-0.25, -0.2) is 4.79 Å². The van der Waals surface area contributed by atoms with E-state index < -0.39 is 11.6 Å². The average Bonchev–Trinajstić information content (AvgIpc) is 3.15. The molecule has 3 heterocycles. The van der Waals surface area contributed by atoms with Crippen LogP contribution in [0.15, 0.2) is 53.2 Å². The Morgan fingerprint density at radius 3 is 2.46 bits per heavy atom. The van der Waals surface area contributed by atoms with Crippen molar-refractivity contribution in [3.8, 4) is 11.3 Å². The van der Waals surface area contributed by atoms with E-state index in [-0.39, 0.29) is 11.3 Å². The van der Waals surface area contributed by atoms with Crippen molar-refractivity contribution < 1.29 is 19.5 Å². The van der Waals surface area contributed by atoms with Gasteiger partial charge in [-0.05, 0) is 31.4 Å². The Labute approximate surface area is 162 Å². The van der Waals surface area contributed by atoms with E-state index in [4.69, 9.17) is 4.52 Å². The number of pyridine rings is 1. The first kappa shape index (κ1) is 18.2. The van der Waals surface area contributed by atoms with Crippen molar-refractivity contribution >= 4 is 11.8 Å². The lowest BCUT2D eigenvalue weighted by Gasteiger charge is -2.37. The highest BCUT2D eigenvalue weighted by Crippen LogP contribution is 2.37. The van der Waals surface area contributed by atoms with Crippen LogP contribution in [-0.2, 0) is 5.60 Å². The van der Waals surface area contributed by atoms with Crippen LogP contribution >= 0.6 is 0 Å². The third kappa shape index (κ3) is 3.25. The number of anilines is 1. The van der Waals surface area contributed by atoms with Gasteiger partial charge in [0.2, 0.25) is 0 Å². The first-order valence-electron chi connectivity index (χ1n) is 9.17. The molecule has 1 aliphatic heterocycles. The fourth-order valence-electron chi connectivity index (χ4n) is 3.56. The van der Waals surface area contributed by atoms with Gasteiger partial charge in [0.1, 0.15) is 5.60 Å². The Morgan fingerprint density at radius 2 is 1.86 bits per heavy atom. The quantitative estimate of drug-likeness (QED) is 0.718. The number of carbonyl (C=O) groups is 1. The van der Waals surface area contributed by atoms with Crippen LogP contribution in [0.1, 0.15) is 34.5 Å². The molecule has 0 spiro atoms. The van der Waals surface area contributed by atoms with Gasteiger partial charge in [0.25, 0.3) is 0 Å². The molecule has 0 aliphatic carbocycles. The highest BCUT2D eigenvalue weighted by atomic mass is 16.5. The Morgan fingerprint density at radius 1 is 1.14 bits per heavy atom. The van der Waals surface area contributed by atoms with Crippen molar-refractivity contribution in [3.05, 3.63) is 65.5 Å². The lowest BCUT2D eigenvalue weighted by Crippen LogP contribution is -2.43. The fourth-order valence-corrected chi connectivity index (χ4v) is 3.56. The van der Waals surface area contributed by atoms with Crippen LogP contribution in [0.3, 0.4) is 0 Å². The van der Waals surface area contributed by atoms with Gasteiger partial charge in [-0.2, -0.15) is 0 Å². The molecule has 0 bridgehead atoms. The minimum absolute atomic E-state index is 0.0464. The number of hydrogen-bond donors (Lipinski definition) is 2. The smallest absolute Gasteiger partial charge is 0.343 e. The third-order valence-electron chi connectivity index (χ3n) is 5.20. The maximum atomic E-state index is 11.9. The Balaban J connectivity index is 1.59. The summed E-state index contributed by atoms with van der Waals surface area (Å²) in [4.78, 5) is 18.1. The lowest BCUT2D eigenvalue weighted by molar-refractivity contribution is 0.00738. The summed E-state index contributed by atoms with van der Waals surface area (Å²) in [6.45, 7) is 2.85. The molecule has 3 aromatic rings. The first-order valence-corrected chi connectivity index (χ1v) is 9.17. The fraction of sp³-hybridized carbons (Fsp3) is 0.286. The van der Waals surface area contributed by atoms with Gasteiger partial charge in [0.05, 0.1) is 5.69 Å². The molecule has 1 aromatic carbocycles. The van der Waals surface area contributed by atoms with E-state index in [9.17, 15) is 15.0 Å². The molecule has 0 amide bonds. The van der Waals surface area contributed by atoms with Crippen molar-refractivity contribution in [1.29, 1.82) is 0 Å². The zero-order valence-corrected chi connectivity index (χ0v) is 15.5. The molecule has 1 aliphatic rings. The second-order valence-corrected chi connectivity index (χ2v) is 7.12. The van der Waals surface area contributed by atoms with Gasteiger partial charge in [-0.1, -0.05) is 41.6 Å². The van der Waals surface area contributed by atoms with E-state index in [0.717, 1.165) is 5.56 Å². The molecule has 0 atom stereocenters. The zero-order valence-electron chi connectivity index (χ0n) is 15.5. The van der Waals surface area contributed by atoms with E-state index in [0.29, 0.717) is 43.0 Å². The molecule has 0 radical (unpaired) electrons. The number of carboxylic acids is 1. The summed E-state index contributed by atoms with van der Waals surface area (Å²) in [5.74, 6) is -0.550. The standard InChI is InChI=1S/C21H21N3O4/c1-14-7-8-16(22-13-14)21(27)9-11-24(12-10-21)19-17(20(25)26)18(28-23-19)15-5-3-2-4-6-15/h2-8,13,27H,9-12H2,1H3,(H,25,26). The number of aromatic carboxylic acids is 1. The van der Waals surface area contributed by atoms with Crippen LogP contribution in [0.2, 0.25) is 0 Å². The molecule has 0 unspecified atom stereocenters. The Bertz CT molecular complexity index is 975. The van der Waals surface area contributed by atoms with Crippen LogP contribution in [0, 0.1) is 6.92 Å². The summed E-state index contributed by atoms with van der Waals surface area (Å²) < 4.78 is 5.40. The van der Waals surface area contributed by atoms with Crippen molar-refractivity contribution in [2.24, 2.45) is 0 Å². The van der Waals surface area contributed by atoms with E-state index in [1.807, 2.05) is 42.2 Å². The van der Waals surface area contributed by atoms with Crippen molar-refractivity contribution in [2.75, 3.05) is 18.0 Å². The zero-order chi connectivity index (χ0) is 19.7. The molecular weight excluding hydrogens is 358 g/mol. The van der Waals surface area contributed by atoms with Gasteiger partial charge < -0.3 is 19.6 Å². The molecule has 0 saturated carbocycles. The summed E-state index contributed by atoms with van der Waals surface area (Å²) >= 11 is 0. The van der Waals surface area contributed by atoms with Crippen molar-refractivity contribution in [2.45, 2.75) is 25.4 Å². The van der Waals surface area contributed by atoms with E-state index in [2.05, 4.69) is 10.1 Å². The minimum Gasteiger partial charge on any atom is -0.477 e. The number of benzene rings is 1. The number of aryl methyl sites for hydroxylation is 1. The van der Waals surface area contributed by atoms with E-state index in [1.165, 1.54) is 0 Å². The average molecular weight is 379 g/mol. The van der Waals surface area contributed by atoms with Crippen LogP contribution in [0.5, 0.6) is 0 Å². The number of rotatable bonds is 4. The number of aromatic nitrogens is 2. The molecule has 2 N–H and O–H groups in total. The number of aliphatic hydroxyl groups is 1. The Kier molecular flexibility index (Phi) is 4.60. The van der Waals surface area contributed by atoms with Crippen molar-refractivity contribution in [1.82, 2.24) is 10.1 Å². The predicted molar refractivity (Wildman–Crippen MR) is 103 cm³/mol. The van der Waals surface area contributed by atoms with Crippen molar-refractivity contribution in [3.63, 3.8) is 0 Å². The number of piperidine rings is 1. The van der Waals surface area contributed by atoms with Gasteiger partial charge >= 0.3 is 5.97 Å². The van der Waals surface area contributed by atoms with Crippen LogP contribution < -0.4 is 4.90 Å². The minimum atomic E-state index is -1.09. The molecule has 28 heavy (non-hydrogen) atoms. The van der Waals surface area contributed by atoms with Gasteiger partial charge in [-0.3, -0.25) is 4.98 Å². The molecular formula is C21H21N3O4. The number of nitrogens with zero attached hydrogens (tertiary/aromatic N) is 3. The number of carboxylic acid groups (broad SMARTS) is 1. The molecule has 7 nitrogen and oxygen atoms in total. The maximum absolute atomic E-state index is 11.9. The summed E-state index contributed by atoms with van der Waals surface area (Å²) in [5, 5.41) is 24.8. The van der Waals surface area contributed by atoms with Gasteiger partial charge in [-0.15, -0.1) is 0 Å². The third-order valence-corrected chi connectivity index (χ3v) is 5.20. The van der Waals surface area contributed by atoms with Crippen LogP contribution in [-0.4, -0.2) is 39.4 Å². The number of hydrogen-bond acceptors (Lipinski definition) is 6. The monoisotopic (exact) mass is 379 g/mol. The second kappa shape index (κ2) is 7.09. The lowest BCUT2D eigenvalue weighted by atomic mass is 9.87. The highest BCUT2D eigenvalue weighted by molar-refractivity contribution is 5.99. The summed E-state index contributed by atoms with van der Waals surface area (Å²) in [6.07, 6.45) is 2.59. The van der Waals surface area contributed by atoms with E-state index in [1.54, 1.807) is 18.3 Å². The van der Waals surface area contributed by atoms with Gasteiger partial charge in [0, 0.05) is 24.8 Å². The van der Waals surface area contributed by atoms with Crippen LogP contribution in [0.4, 0.5) is 5.82 Å². The second-order valence-electron chi connectivity index (χ2n) is 7.12. The summed E-state index contributed by atoms with van der Waals surface area (Å²) in [6, 6.07) is 12.8. The molecule has 7 heteroatoms. The SMILES string of the molecule is Cc1ccc(C2(O)CCN(c3noc(-c4ccccc4)c3C(=O)O)CC2)nc1. The largest absolute Gasteiger partial charge is 0.477 e. The molecule has 1 fully saturated rings. The molecule has 4 rings (SSSR count). The normalized spacial score (nSPS) is 16.1. The van der Waals surface area contributed by atoms with Crippen LogP contribution in [0.25, 0.3) is 11.3 Å². The Hall–Kier alpha value is -3.19. The highest BCUT2D eigenvalue weighted by Gasteiger charge is 2.38. The maximum Gasteiger partial charge on any atom is 0.343 e. The summed E-state index contributed by atoms with van der Waals surface area (Å²) in [5.41, 5.74) is 1.36. The summed E-state index contributed by atoms with van der Waals surface area (Å²) in [7, 11) is 0. The molecule has 1 saturated heterocycles. The van der Waals surface area contributed by atoms with E-state index >= 15 is 0 Å². The molecule has 144 valence electrons. The molecule has 2 aromatic heterocycles. The topological polar surface area (TPSA) is 99.7 Å². The predicted octanol–water partition coefficient (Wildman–Crippen LogP) is 3.23.